The molecule has 24 heavy (non-hydrogen) atoms. The van der Waals surface area contributed by atoms with E-state index in [-0.39, 0.29) is 18.9 Å². The van der Waals surface area contributed by atoms with Crippen molar-refractivity contribution < 1.29 is 14.4 Å². The lowest BCUT2D eigenvalue weighted by Crippen LogP contribution is -2.38. The molecule has 7 heteroatoms. The zero-order valence-electron chi connectivity index (χ0n) is 13.8. The van der Waals surface area contributed by atoms with E-state index in [9.17, 15) is 14.4 Å². The van der Waals surface area contributed by atoms with Crippen LogP contribution in [-0.2, 0) is 20.1 Å². The number of hydrogen-bond donors (Lipinski definition) is 2. The molecule has 1 saturated heterocycles. The Morgan fingerprint density at radius 3 is 2.38 bits per heavy atom. The summed E-state index contributed by atoms with van der Waals surface area (Å²) in [6, 6.07) is 7.37. The number of anilines is 1. The lowest BCUT2D eigenvalue weighted by molar-refractivity contribution is -0.136. The van der Waals surface area contributed by atoms with Crippen LogP contribution in [0, 0.1) is 0 Å². The number of benzene rings is 1. The number of likely N-dealkylation sites (tertiary alicyclic amines) is 1. The molecule has 0 bridgehead atoms. The predicted molar refractivity (Wildman–Crippen MR) is 95.7 cm³/mol. The molecule has 6 nitrogen and oxygen atoms in total. The van der Waals surface area contributed by atoms with Gasteiger partial charge in [-0.2, -0.15) is 11.8 Å². The number of rotatable bonds is 6. The molecule has 1 aliphatic heterocycles. The summed E-state index contributed by atoms with van der Waals surface area (Å²) in [5.41, 5.74) is 1.73. The van der Waals surface area contributed by atoms with Crippen molar-refractivity contribution in [3.05, 3.63) is 29.8 Å². The molecule has 2 N–H and O–H groups in total. The fraction of sp³-hybridized carbons (Fsp3) is 0.471. The number of nitrogens with zero attached hydrogens (tertiary/aromatic N) is 1. The highest BCUT2D eigenvalue weighted by Crippen LogP contribution is 2.13. The zero-order valence-corrected chi connectivity index (χ0v) is 14.7. The van der Waals surface area contributed by atoms with Crippen LogP contribution in [0.4, 0.5) is 5.69 Å². The van der Waals surface area contributed by atoms with Crippen LogP contribution >= 0.6 is 11.8 Å². The van der Waals surface area contributed by atoms with Crippen molar-refractivity contribution in [1.82, 2.24) is 10.2 Å². The van der Waals surface area contributed by atoms with Crippen LogP contribution in [0.25, 0.3) is 0 Å². The summed E-state index contributed by atoms with van der Waals surface area (Å²) in [6.07, 6.45) is 4.32. The molecule has 0 spiro atoms. The Bertz CT molecular complexity index is 583. The lowest BCUT2D eigenvalue weighted by Gasteiger charge is -2.15. The first-order valence-electron chi connectivity index (χ1n) is 8.05. The van der Waals surface area contributed by atoms with Gasteiger partial charge in [-0.1, -0.05) is 12.1 Å². The van der Waals surface area contributed by atoms with Crippen LogP contribution in [0.2, 0.25) is 0 Å². The Balaban J connectivity index is 1.71. The van der Waals surface area contributed by atoms with Gasteiger partial charge in [0.05, 0.1) is 0 Å². The minimum atomic E-state index is -0.725. The van der Waals surface area contributed by atoms with Crippen LogP contribution in [0.3, 0.4) is 0 Å². The number of carbonyl (C=O) groups is 3. The Labute approximate surface area is 146 Å². The first-order chi connectivity index (χ1) is 11.6. The van der Waals surface area contributed by atoms with Gasteiger partial charge in [-0.25, -0.2) is 0 Å². The largest absolute Gasteiger partial charge is 0.347 e. The first-order valence-corrected chi connectivity index (χ1v) is 9.44. The van der Waals surface area contributed by atoms with E-state index in [1.807, 2.05) is 18.4 Å². The van der Waals surface area contributed by atoms with Crippen molar-refractivity contribution in [2.45, 2.75) is 25.0 Å². The van der Waals surface area contributed by atoms with E-state index in [1.54, 1.807) is 28.8 Å². The van der Waals surface area contributed by atoms with E-state index in [0.717, 1.165) is 37.2 Å². The minimum absolute atomic E-state index is 0.0255. The summed E-state index contributed by atoms with van der Waals surface area (Å²) in [6.45, 7) is 1.76. The SMILES string of the molecule is CSCc1ccc(NC(=O)C(=O)NCCC(=O)N2CCCC2)cc1. The maximum absolute atomic E-state index is 11.8. The lowest BCUT2D eigenvalue weighted by atomic mass is 10.2. The summed E-state index contributed by atoms with van der Waals surface area (Å²) in [4.78, 5) is 37.2. The molecule has 0 unspecified atom stereocenters. The van der Waals surface area contributed by atoms with Crippen LogP contribution in [0.5, 0.6) is 0 Å². The summed E-state index contributed by atoms with van der Waals surface area (Å²) in [5, 5.41) is 5.04. The van der Waals surface area contributed by atoms with E-state index in [2.05, 4.69) is 10.6 Å². The van der Waals surface area contributed by atoms with E-state index in [0.29, 0.717) is 5.69 Å². The first kappa shape index (κ1) is 18.3. The third-order valence-electron chi connectivity index (χ3n) is 3.81. The van der Waals surface area contributed by atoms with Crippen molar-refractivity contribution in [3.8, 4) is 0 Å². The molecule has 3 amide bonds. The molecular formula is C17H23N3O3S. The molecule has 1 aliphatic rings. The molecule has 1 aromatic carbocycles. The highest BCUT2D eigenvalue weighted by atomic mass is 32.2. The van der Waals surface area contributed by atoms with E-state index >= 15 is 0 Å². The average molecular weight is 349 g/mol. The van der Waals surface area contributed by atoms with Crippen molar-refractivity contribution in [2.75, 3.05) is 31.2 Å². The number of carbonyl (C=O) groups excluding carboxylic acids is 3. The fourth-order valence-electron chi connectivity index (χ4n) is 2.53. The van der Waals surface area contributed by atoms with E-state index < -0.39 is 11.8 Å². The van der Waals surface area contributed by atoms with Gasteiger partial charge in [0.25, 0.3) is 0 Å². The van der Waals surface area contributed by atoms with Gasteiger partial charge in [0.2, 0.25) is 5.91 Å². The Morgan fingerprint density at radius 1 is 1.08 bits per heavy atom. The summed E-state index contributed by atoms with van der Waals surface area (Å²) in [5.74, 6) is -0.518. The third-order valence-corrected chi connectivity index (χ3v) is 4.43. The summed E-state index contributed by atoms with van der Waals surface area (Å²) in [7, 11) is 0. The van der Waals surface area contributed by atoms with Crippen LogP contribution in [-0.4, -0.2) is 48.5 Å². The molecule has 0 aromatic heterocycles. The zero-order chi connectivity index (χ0) is 17.4. The Hall–Kier alpha value is -2.02. The highest BCUT2D eigenvalue weighted by molar-refractivity contribution is 7.97. The normalized spacial score (nSPS) is 13.6. The van der Waals surface area contributed by atoms with Gasteiger partial charge in [0.15, 0.2) is 0 Å². The molecule has 1 fully saturated rings. The quantitative estimate of drug-likeness (QED) is 0.765. The fourth-order valence-corrected chi connectivity index (χ4v) is 3.05. The van der Waals surface area contributed by atoms with Gasteiger partial charge < -0.3 is 15.5 Å². The second-order valence-electron chi connectivity index (χ2n) is 5.68. The predicted octanol–water partition coefficient (Wildman–Crippen LogP) is 1.62. The maximum atomic E-state index is 11.8. The minimum Gasteiger partial charge on any atom is -0.347 e. The van der Waals surface area contributed by atoms with E-state index in [1.165, 1.54) is 0 Å². The molecule has 0 aliphatic carbocycles. The maximum Gasteiger partial charge on any atom is 0.313 e. The molecular weight excluding hydrogens is 326 g/mol. The average Bonchev–Trinajstić information content (AvgIpc) is 3.11. The number of amides is 3. The van der Waals surface area contributed by atoms with Crippen molar-refractivity contribution in [1.29, 1.82) is 0 Å². The van der Waals surface area contributed by atoms with E-state index in [4.69, 9.17) is 0 Å². The standard InChI is InChI=1S/C17H23N3O3S/c1-24-12-13-4-6-14(7-5-13)19-17(23)16(22)18-9-8-15(21)20-10-2-3-11-20/h4-7H,2-3,8-12H2,1H3,(H,18,22)(H,19,23). The molecule has 2 rings (SSSR count). The molecule has 1 heterocycles. The van der Waals surface area contributed by atoms with Gasteiger partial charge in [-0.3, -0.25) is 14.4 Å². The highest BCUT2D eigenvalue weighted by Gasteiger charge is 2.18. The third kappa shape index (κ3) is 5.56. The van der Waals surface area contributed by atoms with Gasteiger partial charge in [0.1, 0.15) is 0 Å². The van der Waals surface area contributed by atoms with Crippen LogP contribution in [0.1, 0.15) is 24.8 Å². The molecule has 0 saturated carbocycles. The smallest absolute Gasteiger partial charge is 0.313 e. The second-order valence-corrected chi connectivity index (χ2v) is 6.54. The molecule has 0 radical (unpaired) electrons. The summed E-state index contributed by atoms with van der Waals surface area (Å²) >= 11 is 1.72. The van der Waals surface area contributed by atoms with Crippen molar-refractivity contribution in [2.24, 2.45) is 0 Å². The van der Waals surface area contributed by atoms with Crippen molar-refractivity contribution in [3.63, 3.8) is 0 Å². The van der Waals surface area contributed by atoms with Gasteiger partial charge in [-0.15, -0.1) is 0 Å². The van der Waals surface area contributed by atoms with Crippen LogP contribution < -0.4 is 10.6 Å². The molecule has 1 aromatic rings. The van der Waals surface area contributed by atoms with Gasteiger partial charge in [-0.05, 0) is 36.8 Å². The summed E-state index contributed by atoms with van der Waals surface area (Å²) < 4.78 is 0. The Kier molecular flexibility index (Phi) is 7.11. The monoisotopic (exact) mass is 349 g/mol. The second kappa shape index (κ2) is 9.32. The van der Waals surface area contributed by atoms with Gasteiger partial charge in [0, 0.05) is 37.5 Å². The Morgan fingerprint density at radius 2 is 1.75 bits per heavy atom. The molecule has 0 atom stereocenters. The number of thioether (sulfide) groups is 1. The van der Waals surface area contributed by atoms with Crippen LogP contribution in [0.15, 0.2) is 24.3 Å². The number of hydrogen-bond acceptors (Lipinski definition) is 4. The van der Waals surface area contributed by atoms with Crippen molar-refractivity contribution >= 4 is 35.2 Å². The molecule has 130 valence electrons. The topological polar surface area (TPSA) is 78.5 Å². The number of nitrogens with one attached hydrogen (secondary N) is 2. The van der Waals surface area contributed by atoms with Gasteiger partial charge >= 0.3 is 11.8 Å².